The number of carbonyl (C=O) groups excluding carboxylic acids is 1. The first-order valence-corrected chi connectivity index (χ1v) is 6.96. The van der Waals surface area contributed by atoms with Crippen LogP contribution in [0.2, 0.25) is 0 Å². The van der Waals surface area contributed by atoms with Crippen molar-refractivity contribution < 1.29 is 4.79 Å². The van der Waals surface area contributed by atoms with Gasteiger partial charge in [0.2, 0.25) is 6.41 Å². The Labute approximate surface area is 128 Å². The van der Waals surface area contributed by atoms with Gasteiger partial charge in [0, 0.05) is 23.8 Å². The van der Waals surface area contributed by atoms with Gasteiger partial charge in [-0.15, -0.1) is 0 Å². The largest absolute Gasteiger partial charge is 0.329 e. The first kappa shape index (κ1) is 14.0. The predicted molar refractivity (Wildman–Crippen MR) is 88.5 cm³/mol. The average Bonchev–Trinajstić information content (AvgIpc) is 2.54. The zero-order chi connectivity index (χ0) is 15.5. The van der Waals surface area contributed by atoms with E-state index in [1.165, 1.54) is 0 Å². The number of fused-ring (bicyclic) bond motifs is 1. The van der Waals surface area contributed by atoms with E-state index < -0.39 is 0 Å². The van der Waals surface area contributed by atoms with Crippen LogP contribution in [0.15, 0.2) is 48.5 Å². The molecule has 0 aliphatic heterocycles. The number of carbonyl (C=O) groups is 1. The number of benzene rings is 2. The van der Waals surface area contributed by atoms with Crippen molar-refractivity contribution in [2.24, 2.45) is 0 Å². The topological polar surface area (TPSA) is 58.1 Å². The summed E-state index contributed by atoms with van der Waals surface area (Å²) in [5.41, 5.74) is 2.67. The molecule has 5 heteroatoms. The van der Waals surface area contributed by atoms with Crippen molar-refractivity contribution in [2.45, 2.75) is 6.92 Å². The minimum absolute atomic E-state index is 0.667. The highest BCUT2D eigenvalue weighted by Gasteiger charge is 2.11. The average molecular weight is 292 g/mol. The third kappa shape index (κ3) is 2.61. The van der Waals surface area contributed by atoms with Crippen LogP contribution in [-0.4, -0.2) is 23.4 Å². The lowest BCUT2D eigenvalue weighted by atomic mass is 10.2. The van der Waals surface area contributed by atoms with Crippen LogP contribution in [0.3, 0.4) is 0 Å². The lowest BCUT2D eigenvalue weighted by Crippen LogP contribution is -2.13. The Morgan fingerprint density at radius 3 is 2.50 bits per heavy atom. The summed E-state index contributed by atoms with van der Waals surface area (Å²) in [5, 5.41) is 3.63. The van der Waals surface area contributed by atoms with Crippen LogP contribution in [0.25, 0.3) is 10.9 Å². The van der Waals surface area contributed by atoms with Gasteiger partial charge in [-0.05, 0) is 43.3 Å². The monoisotopic (exact) mass is 292 g/mol. The summed E-state index contributed by atoms with van der Waals surface area (Å²) in [4.78, 5) is 21.5. The molecule has 0 radical (unpaired) electrons. The van der Waals surface area contributed by atoms with Gasteiger partial charge in [-0.3, -0.25) is 4.79 Å². The molecule has 2 aromatic carbocycles. The number of para-hydroxylation sites is 1. The van der Waals surface area contributed by atoms with Gasteiger partial charge in [0.1, 0.15) is 11.6 Å². The van der Waals surface area contributed by atoms with Crippen molar-refractivity contribution in [3.05, 3.63) is 54.4 Å². The molecule has 3 rings (SSSR count). The number of rotatable bonds is 4. The van der Waals surface area contributed by atoms with Crippen molar-refractivity contribution >= 4 is 34.5 Å². The van der Waals surface area contributed by atoms with Crippen LogP contribution in [0.5, 0.6) is 0 Å². The molecule has 0 aliphatic carbocycles. The summed E-state index contributed by atoms with van der Waals surface area (Å²) < 4.78 is 0. The normalized spacial score (nSPS) is 10.5. The van der Waals surface area contributed by atoms with Crippen molar-refractivity contribution in [3.8, 4) is 0 Å². The fraction of sp³-hybridized carbons (Fsp3) is 0.118. The van der Waals surface area contributed by atoms with Gasteiger partial charge in [0.15, 0.2) is 0 Å². The molecule has 1 amide bonds. The fourth-order valence-electron chi connectivity index (χ4n) is 2.40. The first-order chi connectivity index (χ1) is 10.7. The Morgan fingerprint density at radius 1 is 1.05 bits per heavy atom. The lowest BCUT2D eigenvalue weighted by molar-refractivity contribution is -0.105. The lowest BCUT2D eigenvalue weighted by Gasteiger charge is -2.20. The highest BCUT2D eigenvalue weighted by Crippen LogP contribution is 2.29. The molecular weight excluding hydrogens is 276 g/mol. The minimum Gasteiger partial charge on any atom is -0.329 e. The van der Waals surface area contributed by atoms with Gasteiger partial charge >= 0.3 is 0 Å². The number of hydrogen-bond acceptors (Lipinski definition) is 4. The molecule has 0 saturated heterocycles. The second-order valence-electron chi connectivity index (χ2n) is 4.98. The molecule has 0 unspecified atom stereocenters. The summed E-state index contributed by atoms with van der Waals surface area (Å²) in [6.07, 6.45) is 0.667. The van der Waals surface area contributed by atoms with E-state index in [0.29, 0.717) is 6.41 Å². The van der Waals surface area contributed by atoms with Gasteiger partial charge in [-0.25, -0.2) is 9.97 Å². The quantitative estimate of drug-likeness (QED) is 0.750. The minimum atomic E-state index is 0.667. The summed E-state index contributed by atoms with van der Waals surface area (Å²) in [5.74, 6) is 1.60. The van der Waals surface area contributed by atoms with Crippen LogP contribution in [0.1, 0.15) is 5.82 Å². The molecule has 110 valence electrons. The molecule has 3 aromatic rings. The molecule has 5 nitrogen and oxygen atoms in total. The molecular formula is C17H16N4O. The maximum atomic E-state index is 10.5. The Morgan fingerprint density at radius 2 is 1.77 bits per heavy atom. The van der Waals surface area contributed by atoms with E-state index in [4.69, 9.17) is 0 Å². The molecule has 0 spiro atoms. The second-order valence-corrected chi connectivity index (χ2v) is 4.98. The molecule has 0 fully saturated rings. The Balaban J connectivity index is 2.04. The van der Waals surface area contributed by atoms with Gasteiger partial charge in [-0.2, -0.15) is 0 Å². The van der Waals surface area contributed by atoms with Crippen LogP contribution >= 0.6 is 0 Å². The number of aryl methyl sites for hydroxylation is 1. The predicted octanol–water partition coefficient (Wildman–Crippen LogP) is 3.27. The molecule has 1 heterocycles. The molecule has 0 atom stereocenters. The van der Waals surface area contributed by atoms with Crippen LogP contribution in [-0.2, 0) is 4.79 Å². The van der Waals surface area contributed by atoms with Gasteiger partial charge in [0.05, 0.1) is 5.52 Å². The van der Waals surface area contributed by atoms with E-state index in [1.54, 1.807) is 0 Å². The Bertz CT molecular complexity index is 815. The Hall–Kier alpha value is -2.95. The van der Waals surface area contributed by atoms with Crippen LogP contribution in [0, 0.1) is 6.92 Å². The number of nitrogens with zero attached hydrogens (tertiary/aromatic N) is 3. The van der Waals surface area contributed by atoms with Crippen molar-refractivity contribution in [1.82, 2.24) is 9.97 Å². The second kappa shape index (κ2) is 5.81. The number of hydrogen-bond donors (Lipinski definition) is 1. The maximum absolute atomic E-state index is 10.5. The highest BCUT2D eigenvalue weighted by atomic mass is 16.1. The standard InChI is InChI=1S/C17H16N4O/c1-12-19-16-6-4-3-5-15(16)17(20-12)21(2)14-9-7-13(8-10-14)18-11-22/h3-11H,1-2H3,(H,18,22). The van der Waals surface area contributed by atoms with Gasteiger partial charge in [-0.1, -0.05) is 12.1 Å². The maximum Gasteiger partial charge on any atom is 0.211 e. The molecule has 22 heavy (non-hydrogen) atoms. The molecule has 1 aromatic heterocycles. The number of anilines is 3. The van der Waals surface area contributed by atoms with Crippen LogP contribution < -0.4 is 10.2 Å². The number of amides is 1. The van der Waals surface area contributed by atoms with Crippen LogP contribution in [0.4, 0.5) is 17.2 Å². The van der Waals surface area contributed by atoms with Gasteiger partial charge in [0.25, 0.3) is 0 Å². The van der Waals surface area contributed by atoms with Crippen molar-refractivity contribution in [3.63, 3.8) is 0 Å². The third-order valence-electron chi connectivity index (χ3n) is 3.49. The van der Waals surface area contributed by atoms with E-state index in [1.807, 2.05) is 67.4 Å². The van der Waals surface area contributed by atoms with Crippen molar-refractivity contribution in [1.29, 1.82) is 0 Å². The van der Waals surface area contributed by atoms with E-state index in [-0.39, 0.29) is 0 Å². The SMILES string of the molecule is Cc1nc(N(C)c2ccc(NC=O)cc2)c2ccccc2n1. The zero-order valence-electron chi connectivity index (χ0n) is 12.4. The molecule has 1 N–H and O–H groups in total. The molecule has 0 aliphatic rings. The highest BCUT2D eigenvalue weighted by molar-refractivity contribution is 5.91. The van der Waals surface area contributed by atoms with E-state index in [9.17, 15) is 4.79 Å². The summed E-state index contributed by atoms with van der Waals surface area (Å²) in [6.45, 7) is 1.89. The third-order valence-corrected chi connectivity index (χ3v) is 3.49. The fourth-order valence-corrected chi connectivity index (χ4v) is 2.40. The summed E-state index contributed by atoms with van der Waals surface area (Å²) >= 11 is 0. The van der Waals surface area contributed by atoms with Gasteiger partial charge < -0.3 is 10.2 Å². The molecule has 0 saturated carbocycles. The number of nitrogens with one attached hydrogen (secondary N) is 1. The van der Waals surface area contributed by atoms with E-state index in [0.717, 1.165) is 33.9 Å². The molecule has 0 bridgehead atoms. The van der Waals surface area contributed by atoms with Crippen molar-refractivity contribution in [2.75, 3.05) is 17.3 Å². The summed E-state index contributed by atoms with van der Waals surface area (Å²) in [7, 11) is 1.97. The van der Waals surface area contributed by atoms with E-state index >= 15 is 0 Å². The Kier molecular flexibility index (Phi) is 3.70. The number of aromatic nitrogens is 2. The smallest absolute Gasteiger partial charge is 0.211 e. The zero-order valence-corrected chi connectivity index (χ0v) is 12.4. The van der Waals surface area contributed by atoms with E-state index in [2.05, 4.69) is 15.3 Å². The first-order valence-electron chi connectivity index (χ1n) is 6.96. The summed E-state index contributed by atoms with van der Waals surface area (Å²) in [6, 6.07) is 15.6.